The molecule has 0 radical (unpaired) electrons. The minimum absolute atomic E-state index is 0.0336. The SMILES string of the molecule is Cc1cc(C(F)(F)F)c2c(C3CCN(C(=O)C4CCCC4)CC3)noc2n1. The van der Waals surface area contributed by atoms with Gasteiger partial charge in [0, 0.05) is 30.6 Å². The van der Waals surface area contributed by atoms with Crippen LogP contribution in [-0.4, -0.2) is 34.0 Å². The number of fused-ring (bicyclic) bond motifs is 1. The molecule has 5 nitrogen and oxygen atoms in total. The first-order valence-corrected chi connectivity index (χ1v) is 9.47. The van der Waals surface area contributed by atoms with Crippen LogP contribution in [-0.2, 0) is 11.0 Å². The zero-order chi connectivity index (χ0) is 19.2. The first-order valence-electron chi connectivity index (χ1n) is 9.47. The predicted molar refractivity (Wildman–Crippen MR) is 92.1 cm³/mol. The van der Waals surface area contributed by atoms with Gasteiger partial charge in [0.1, 0.15) is 0 Å². The molecule has 4 rings (SSSR count). The lowest BCUT2D eigenvalue weighted by molar-refractivity contribution is -0.137. The van der Waals surface area contributed by atoms with Gasteiger partial charge in [-0.15, -0.1) is 0 Å². The third-order valence-corrected chi connectivity index (χ3v) is 5.80. The van der Waals surface area contributed by atoms with Gasteiger partial charge in [-0.3, -0.25) is 4.79 Å². The Hall–Kier alpha value is -2.12. The summed E-state index contributed by atoms with van der Waals surface area (Å²) < 4.78 is 45.7. The Morgan fingerprint density at radius 1 is 1.19 bits per heavy atom. The van der Waals surface area contributed by atoms with Crippen LogP contribution >= 0.6 is 0 Å². The molecule has 2 aliphatic rings. The number of carbonyl (C=O) groups is 1. The maximum absolute atomic E-state index is 13.5. The summed E-state index contributed by atoms with van der Waals surface area (Å²) in [6, 6.07) is 1.04. The molecule has 1 saturated carbocycles. The maximum Gasteiger partial charge on any atom is 0.417 e. The summed E-state index contributed by atoms with van der Waals surface area (Å²) in [6.45, 7) is 2.61. The number of hydrogen-bond donors (Lipinski definition) is 0. The number of alkyl halides is 3. The number of hydrogen-bond acceptors (Lipinski definition) is 4. The van der Waals surface area contributed by atoms with E-state index in [1.54, 1.807) is 0 Å². The first-order chi connectivity index (χ1) is 12.8. The molecule has 0 spiro atoms. The van der Waals surface area contributed by atoms with Gasteiger partial charge in [-0.05, 0) is 38.7 Å². The van der Waals surface area contributed by atoms with Crippen LogP contribution in [0.4, 0.5) is 13.2 Å². The number of nitrogens with zero attached hydrogens (tertiary/aromatic N) is 3. The molecular weight excluding hydrogens is 359 g/mol. The van der Waals surface area contributed by atoms with Gasteiger partial charge in [0.05, 0.1) is 16.6 Å². The highest BCUT2D eigenvalue weighted by atomic mass is 19.4. The van der Waals surface area contributed by atoms with Crippen molar-refractivity contribution in [3.8, 4) is 0 Å². The number of halogens is 3. The molecule has 0 aromatic carbocycles. The van der Waals surface area contributed by atoms with Crippen molar-refractivity contribution in [2.24, 2.45) is 5.92 Å². The predicted octanol–water partition coefficient (Wildman–Crippen LogP) is 4.45. The van der Waals surface area contributed by atoms with Gasteiger partial charge in [0.2, 0.25) is 5.91 Å². The Morgan fingerprint density at radius 3 is 2.48 bits per heavy atom. The lowest BCUT2D eigenvalue weighted by Gasteiger charge is -2.33. The molecule has 2 aromatic rings. The smallest absolute Gasteiger partial charge is 0.342 e. The fraction of sp³-hybridized carbons (Fsp3) is 0.632. The van der Waals surface area contributed by atoms with Crippen molar-refractivity contribution in [2.75, 3.05) is 13.1 Å². The lowest BCUT2D eigenvalue weighted by atomic mass is 9.90. The highest BCUT2D eigenvalue weighted by Crippen LogP contribution is 2.40. The normalized spacial score (nSPS) is 19.9. The van der Waals surface area contributed by atoms with E-state index in [4.69, 9.17) is 4.52 Å². The van der Waals surface area contributed by atoms with E-state index in [1.807, 2.05) is 4.90 Å². The first kappa shape index (κ1) is 18.3. The minimum atomic E-state index is -4.49. The second-order valence-corrected chi connectivity index (χ2v) is 7.64. The topological polar surface area (TPSA) is 59.2 Å². The van der Waals surface area contributed by atoms with E-state index in [9.17, 15) is 18.0 Å². The molecule has 0 unspecified atom stereocenters. The number of aryl methyl sites for hydroxylation is 1. The largest absolute Gasteiger partial charge is 0.417 e. The van der Waals surface area contributed by atoms with Crippen molar-refractivity contribution in [2.45, 2.75) is 57.5 Å². The Bertz CT molecular complexity index is 848. The number of piperidine rings is 1. The molecule has 8 heteroatoms. The molecule has 0 N–H and O–H groups in total. The average Bonchev–Trinajstić information content (AvgIpc) is 3.29. The summed E-state index contributed by atoms with van der Waals surface area (Å²) in [4.78, 5) is 18.5. The summed E-state index contributed by atoms with van der Waals surface area (Å²) in [6.07, 6.45) is 0.788. The number of aromatic nitrogens is 2. The molecule has 0 bridgehead atoms. The molecule has 1 saturated heterocycles. The molecule has 146 valence electrons. The van der Waals surface area contributed by atoms with Crippen LogP contribution in [0.3, 0.4) is 0 Å². The van der Waals surface area contributed by atoms with Crippen LogP contribution < -0.4 is 0 Å². The van der Waals surface area contributed by atoms with E-state index in [-0.39, 0.29) is 34.5 Å². The summed E-state index contributed by atoms with van der Waals surface area (Å²) in [5, 5.41) is 3.91. The van der Waals surface area contributed by atoms with Gasteiger partial charge >= 0.3 is 6.18 Å². The molecule has 3 heterocycles. The van der Waals surface area contributed by atoms with Crippen LogP contribution in [0.15, 0.2) is 10.6 Å². The molecule has 27 heavy (non-hydrogen) atoms. The number of likely N-dealkylation sites (tertiary alicyclic amines) is 1. The van der Waals surface area contributed by atoms with Gasteiger partial charge in [-0.2, -0.15) is 13.2 Å². The Morgan fingerprint density at radius 2 is 1.85 bits per heavy atom. The number of rotatable bonds is 2. The van der Waals surface area contributed by atoms with Gasteiger partial charge in [0.25, 0.3) is 5.71 Å². The quantitative estimate of drug-likeness (QED) is 0.771. The third-order valence-electron chi connectivity index (χ3n) is 5.80. The standard InChI is InChI=1S/C19H22F3N3O2/c1-11-10-14(19(20,21)22)15-16(24-27-17(15)23-11)12-6-8-25(9-7-12)18(26)13-4-2-3-5-13/h10,12-13H,2-9H2,1H3. The highest BCUT2D eigenvalue weighted by Gasteiger charge is 2.38. The Kier molecular flexibility index (Phi) is 4.60. The fourth-order valence-corrected chi connectivity index (χ4v) is 4.40. The van der Waals surface area contributed by atoms with Gasteiger partial charge in [0.15, 0.2) is 0 Å². The monoisotopic (exact) mass is 381 g/mol. The summed E-state index contributed by atoms with van der Waals surface area (Å²) in [5.74, 6) is 0.159. The molecule has 1 amide bonds. The van der Waals surface area contributed by atoms with Crippen molar-refractivity contribution in [1.82, 2.24) is 15.0 Å². The lowest BCUT2D eigenvalue weighted by Crippen LogP contribution is -2.40. The van der Waals surface area contributed by atoms with Crippen molar-refractivity contribution < 1.29 is 22.5 Å². The second kappa shape index (κ2) is 6.80. The highest BCUT2D eigenvalue weighted by molar-refractivity contribution is 5.82. The van der Waals surface area contributed by atoms with Gasteiger partial charge in [-0.1, -0.05) is 18.0 Å². The van der Waals surface area contributed by atoms with Crippen molar-refractivity contribution in [1.29, 1.82) is 0 Å². The minimum Gasteiger partial charge on any atom is -0.342 e. The molecule has 1 aliphatic heterocycles. The number of pyridine rings is 1. The molecule has 1 aliphatic carbocycles. The van der Waals surface area contributed by atoms with Crippen LogP contribution in [0.1, 0.15) is 61.4 Å². The zero-order valence-corrected chi connectivity index (χ0v) is 15.2. The van der Waals surface area contributed by atoms with Crippen LogP contribution in [0.2, 0.25) is 0 Å². The van der Waals surface area contributed by atoms with Crippen LogP contribution in [0.5, 0.6) is 0 Å². The zero-order valence-electron chi connectivity index (χ0n) is 15.2. The van der Waals surface area contributed by atoms with Gasteiger partial charge in [-0.25, -0.2) is 4.98 Å². The number of carbonyl (C=O) groups excluding carboxylic acids is 1. The third kappa shape index (κ3) is 3.41. The van der Waals surface area contributed by atoms with Crippen LogP contribution in [0, 0.1) is 12.8 Å². The fourth-order valence-electron chi connectivity index (χ4n) is 4.40. The van der Waals surface area contributed by atoms with E-state index in [1.165, 1.54) is 6.92 Å². The summed E-state index contributed by atoms with van der Waals surface area (Å²) in [5.41, 5.74) is -0.250. The van der Waals surface area contributed by atoms with Crippen molar-refractivity contribution >= 4 is 17.0 Å². The van der Waals surface area contributed by atoms with E-state index < -0.39 is 11.7 Å². The molecule has 0 atom stereocenters. The maximum atomic E-state index is 13.5. The molecule has 2 fully saturated rings. The Labute approximate surface area is 154 Å². The average molecular weight is 381 g/mol. The summed E-state index contributed by atoms with van der Waals surface area (Å²) in [7, 11) is 0. The van der Waals surface area contributed by atoms with E-state index in [0.717, 1.165) is 31.7 Å². The molecule has 2 aromatic heterocycles. The second-order valence-electron chi connectivity index (χ2n) is 7.64. The number of amides is 1. The van der Waals surface area contributed by atoms with E-state index in [2.05, 4.69) is 10.1 Å². The van der Waals surface area contributed by atoms with Crippen LogP contribution in [0.25, 0.3) is 11.1 Å². The Balaban J connectivity index is 1.56. The van der Waals surface area contributed by atoms with E-state index in [0.29, 0.717) is 31.6 Å². The van der Waals surface area contributed by atoms with Crippen molar-refractivity contribution in [3.63, 3.8) is 0 Å². The van der Waals surface area contributed by atoms with E-state index >= 15 is 0 Å². The summed E-state index contributed by atoms with van der Waals surface area (Å²) >= 11 is 0. The molecular formula is C19H22F3N3O2. The van der Waals surface area contributed by atoms with Gasteiger partial charge < -0.3 is 9.42 Å². The van der Waals surface area contributed by atoms with Crippen molar-refractivity contribution in [3.05, 3.63) is 23.0 Å².